The van der Waals surface area contributed by atoms with E-state index in [0.29, 0.717) is 25.2 Å². The Kier molecular flexibility index (Phi) is 7.26. The number of alkyl halides is 2. The van der Waals surface area contributed by atoms with Crippen molar-refractivity contribution in [2.45, 2.75) is 50.4 Å². The summed E-state index contributed by atoms with van der Waals surface area (Å²) in [5.74, 6) is -5.70. The summed E-state index contributed by atoms with van der Waals surface area (Å²) in [4.78, 5) is 53.2. The third kappa shape index (κ3) is 5.18. The molecule has 1 aromatic carbocycles. The Morgan fingerprint density at radius 2 is 2.03 bits per heavy atom. The minimum absolute atomic E-state index is 0.0104. The van der Waals surface area contributed by atoms with Crippen LogP contribution in [0.5, 0.6) is 0 Å². The fraction of sp³-hybridized carbons (Fsp3) is 0.522. The first-order valence-corrected chi connectivity index (χ1v) is 11.8. The van der Waals surface area contributed by atoms with Crippen molar-refractivity contribution in [1.29, 1.82) is 5.26 Å². The van der Waals surface area contributed by atoms with Crippen LogP contribution in [0.25, 0.3) is 0 Å². The molecule has 3 heterocycles. The molecule has 10 nitrogen and oxygen atoms in total. The summed E-state index contributed by atoms with van der Waals surface area (Å²) in [6, 6.07) is 4.73. The molecule has 4 amide bonds. The molecule has 36 heavy (non-hydrogen) atoms. The lowest BCUT2D eigenvalue weighted by Gasteiger charge is -2.22. The highest BCUT2D eigenvalue weighted by molar-refractivity contribution is 6.04. The number of hydrogen-bond acceptors (Lipinski definition) is 6. The van der Waals surface area contributed by atoms with E-state index in [4.69, 9.17) is 5.26 Å². The topological polar surface area (TPSA) is 135 Å². The van der Waals surface area contributed by atoms with Crippen molar-refractivity contribution in [3.05, 3.63) is 34.9 Å². The Balaban J connectivity index is 1.36. The number of nitrogens with one attached hydrogen (secondary N) is 3. The lowest BCUT2D eigenvalue weighted by molar-refractivity contribution is -0.135. The molecule has 3 N–H and O–H groups in total. The van der Waals surface area contributed by atoms with Crippen LogP contribution in [0.1, 0.15) is 40.7 Å². The Morgan fingerprint density at radius 1 is 1.25 bits per heavy atom. The minimum atomic E-state index is -3.15. The van der Waals surface area contributed by atoms with Gasteiger partial charge in [0.2, 0.25) is 17.7 Å². The molecule has 3 aliphatic heterocycles. The molecule has 0 aromatic heterocycles. The quantitative estimate of drug-likeness (QED) is 0.327. The maximum atomic E-state index is 13.7. The van der Waals surface area contributed by atoms with E-state index in [2.05, 4.69) is 15.9 Å². The summed E-state index contributed by atoms with van der Waals surface area (Å²) in [6.45, 7) is 0.748. The van der Waals surface area contributed by atoms with Gasteiger partial charge in [-0.2, -0.15) is 5.26 Å². The molecule has 3 aliphatic rings. The number of likely N-dealkylation sites (tertiary alicyclic amines) is 1. The van der Waals surface area contributed by atoms with Gasteiger partial charge in [0.15, 0.2) is 7.98 Å². The van der Waals surface area contributed by atoms with Crippen LogP contribution >= 0.6 is 0 Å². The number of carbonyl (C=O) groups is 4. The van der Waals surface area contributed by atoms with E-state index >= 15 is 0 Å². The molecule has 2 saturated heterocycles. The van der Waals surface area contributed by atoms with Crippen LogP contribution in [0.2, 0.25) is 0 Å². The number of nitriles is 1. The van der Waals surface area contributed by atoms with E-state index in [1.54, 1.807) is 31.1 Å². The van der Waals surface area contributed by atoms with E-state index in [1.807, 2.05) is 6.07 Å². The van der Waals surface area contributed by atoms with E-state index in [0.717, 1.165) is 16.0 Å². The summed E-state index contributed by atoms with van der Waals surface area (Å²) in [7, 11) is 1.78. The normalized spacial score (nSPS) is 24.2. The highest BCUT2D eigenvalue weighted by Crippen LogP contribution is 2.34. The van der Waals surface area contributed by atoms with Gasteiger partial charge in [-0.25, -0.2) is 8.78 Å². The maximum absolute atomic E-state index is 13.7. The van der Waals surface area contributed by atoms with E-state index in [1.165, 1.54) is 0 Å². The van der Waals surface area contributed by atoms with Gasteiger partial charge in [-0.05, 0) is 23.6 Å². The molecule has 0 radical (unpaired) electrons. The first-order chi connectivity index (χ1) is 17.1. The number of rotatable bonds is 7. The standard InChI is InChI=1S/C23H27BF2N6O4/c24-29-5-4-28-21(35)16-3-1-2-13-10-31(11-17(13)16)19(33)7-14-6-18(30-20(14)34)22(36)32-12-23(25,26)8-15(32)9-27/h1-3,14-15,18,29H,4-8,10-12,24H2,(H,28,35)(H,30,34)/t14-,15-,18-/m0/s1. The first kappa shape index (κ1) is 25.6. The monoisotopic (exact) mass is 500 g/mol. The Morgan fingerprint density at radius 3 is 2.75 bits per heavy atom. The number of halogens is 2. The highest BCUT2D eigenvalue weighted by atomic mass is 19.3. The van der Waals surface area contributed by atoms with Gasteiger partial charge in [-0.15, -0.1) is 0 Å². The molecular formula is C23H27BF2N6O4. The summed E-state index contributed by atoms with van der Waals surface area (Å²) in [6.07, 6.45) is -0.891. The van der Waals surface area contributed by atoms with Gasteiger partial charge in [0.05, 0.1) is 12.6 Å². The van der Waals surface area contributed by atoms with Crippen LogP contribution in [0, 0.1) is 17.2 Å². The fourth-order valence-corrected chi connectivity index (χ4v) is 4.99. The molecule has 0 saturated carbocycles. The lowest BCUT2D eigenvalue weighted by Crippen LogP contribution is -2.46. The number of benzene rings is 1. The number of hydrogen-bond donors (Lipinski definition) is 3. The SMILES string of the molecule is BNCCNC(=O)c1cccc2c1CN(C(=O)C[C@@H]1C[C@@H](C(=O)N3CC(F)(F)C[C@H]3C#N)NC1=O)C2. The zero-order chi connectivity index (χ0) is 26.0. The van der Waals surface area contributed by atoms with Crippen molar-refractivity contribution < 1.29 is 28.0 Å². The van der Waals surface area contributed by atoms with Crippen LogP contribution in [-0.4, -0.2) is 79.1 Å². The van der Waals surface area contributed by atoms with Crippen molar-refractivity contribution in [1.82, 2.24) is 25.7 Å². The third-order valence-electron chi connectivity index (χ3n) is 6.87. The van der Waals surface area contributed by atoms with Crippen molar-refractivity contribution in [3.63, 3.8) is 0 Å². The highest BCUT2D eigenvalue weighted by Gasteiger charge is 2.50. The number of nitrogens with zero attached hydrogens (tertiary/aromatic N) is 3. The van der Waals surface area contributed by atoms with Crippen LogP contribution in [-0.2, 0) is 27.5 Å². The Hall–Kier alpha value is -3.53. The van der Waals surface area contributed by atoms with Crippen molar-refractivity contribution in [2.24, 2.45) is 5.92 Å². The van der Waals surface area contributed by atoms with Gasteiger partial charge in [0.25, 0.3) is 11.8 Å². The molecule has 3 atom stereocenters. The van der Waals surface area contributed by atoms with E-state index in [9.17, 15) is 28.0 Å². The minimum Gasteiger partial charge on any atom is -0.360 e. The number of carbonyl (C=O) groups excluding carboxylic acids is 4. The van der Waals surface area contributed by atoms with Gasteiger partial charge >= 0.3 is 0 Å². The van der Waals surface area contributed by atoms with Crippen LogP contribution < -0.4 is 15.9 Å². The van der Waals surface area contributed by atoms with Crippen LogP contribution in [0.3, 0.4) is 0 Å². The smallest absolute Gasteiger partial charge is 0.268 e. The zero-order valence-electron chi connectivity index (χ0n) is 19.9. The molecule has 2 fully saturated rings. The number of fused-ring (bicyclic) bond motifs is 1. The summed E-state index contributed by atoms with van der Waals surface area (Å²) in [5, 5.41) is 17.4. The second kappa shape index (κ2) is 10.2. The summed E-state index contributed by atoms with van der Waals surface area (Å²) in [5.41, 5.74) is 2.11. The van der Waals surface area contributed by atoms with Gasteiger partial charge < -0.3 is 25.7 Å². The van der Waals surface area contributed by atoms with Gasteiger partial charge in [0.1, 0.15) is 12.1 Å². The molecule has 190 valence electrons. The van der Waals surface area contributed by atoms with E-state index < -0.39 is 48.7 Å². The average Bonchev–Trinajstić information content (AvgIpc) is 3.53. The Labute approximate surface area is 207 Å². The Bertz CT molecular complexity index is 1130. The predicted octanol–water partition coefficient (Wildman–Crippen LogP) is -0.949. The predicted molar refractivity (Wildman–Crippen MR) is 125 cm³/mol. The second-order valence-corrected chi connectivity index (χ2v) is 9.42. The second-order valence-electron chi connectivity index (χ2n) is 9.42. The third-order valence-corrected chi connectivity index (χ3v) is 6.87. The van der Waals surface area contributed by atoms with Gasteiger partial charge in [-0.3, -0.25) is 19.2 Å². The maximum Gasteiger partial charge on any atom is 0.268 e. The molecule has 0 bridgehead atoms. The largest absolute Gasteiger partial charge is 0.360 e. The molecule has 0 unspecified atom stereocenters. The first-order valence-electron chi connectivity index (χ1n) is 11.8. The molecule has 0 spiro atoms. The van der Waals surface area contributed by atoms with Gasteiger partial charge in [0, 0.05) is 50.5 Å². The summed E-state index contributed by atoms with van der Waals surface area (Å²) < 4.78 is 27.5. The molecule has 1 aromatic rings. The molecule has 0 aliphatic carbocycles. The van der Waals surface area contributed by atoms with Crippen molar-refractivity contribution in [3.8, 4) is 6.07 Å². The molecule has 4 rings (SSSR count). The van der Waals surface area contributed by atoms with E-state index in [-0.39, 0.29) is 31.2 Å². The van der Waals surface area contributed by atoms with Crippen molar-refractivity contribution in [2.75, 3.05) is 19.6 Å². The molecular weight excluding hydrogens is 473 g/mol. The van der Waals surface area contributed by atoms with Crippen LogP contribution in [0.15, 0.2) is 18.2 Å². The van der Waals surface area contributed by atoms with Crippen molar-refractivity contribution >= 4 is 31.6 Å². The fourth-order valence-electron chi connectivity index (χ4n) is 4.99. The summed E-state index contributed by atoms with van der Waals surface area (Å²) >= 11 is 0. The van der Waals surface area contributed by atoms with Crippen LogP contribution in [0.4, 0.5) is 8.78 Å². The number of amides is 4. The average molecular weight is 500 g/mol. The lowest BCUT2D eigenvalue weighted by atomic mass is 9.99. The molecule has 13 heteroatoms. The van der Waals surface area contributed by atoms with Gasteiger partial charge in [-0.1, -0.05) is 12.1 Å². The zero-order valence-corrected chi connectivity index (χ0v) is 19.9.